The predicted octanol–water partition coefficient (Wildman–Crippen LogP) is 0.866. The summed E-state index contributed by atoms with van der Waals surface area (Å²) in [5.41, 5.74) is 0. The van der Waals surface area contributed by atoms with Gasteiger partial charge in [0.25, 0.3) is 0 Å². The lowest BCUT2D eigenvalue weighted by Gasteiger charge is -2.26. The molecule has 1 saturated heterocycles. The van der Waals surface area contributed by atoms with Crippen LogP contribution in [0.15, 0.2) is 18.5 Å². The van der Waals surface area contributed by atoms with Crippen LogP contribution in [0, 0.1) is 6.54 Å². The normalized spacial score (nSPS) is 17.5. The standard InChI is InChI=1S/C12H19N4/c1(4-12-14-5-3-6-15-12)2-9-16-10-7-13-8-11-16/h3,5-6,9,13H,1-2,4,7-8,10-11H2. The highest BCUT2D eigenvalue weighted by Crippen LogP contribution is 2.05. The van der Waals surface area contributed by atoms with Crippen molar-refractivity contribution in [3.8, 4) is 0 Å². The summed E-state index contributed by atoms with van der Waals surface area (Å²) >= 11 is 0. The largest absolute Gasteiger partial charge is 0.314 e. The quantitative estimate of drug-likeness (QED) is 0.746. The summed E-state index contributed by atoms with van der Waals surface area (Å²) in [6, 6.07) is 1.86. The molecular weight excluding hydrogens is 200 g/mol. The van der Waals surface area contributed by atoms with Gasteiger partial charge in [0.05, 0.1) is 0 Å². The Morgan fingerprint density at radius 2 is 2.00 bits per heavy atom. The number of rotatable bonds is 5. The van der Waals surface area contributed by atoms with Crippen LogP contribution < -0.4 is 5.32 Å². The molecule has 0 atom stereocenters. The molecule has 87 valence electrons. The van der Waals surface area contributed by atoms with Gasteiger partial charge in [-0.1, -0.05) is 0 Å². The molecule has 16 heavy (non-hydrogen) atoms. The fourth-order valence-electron chi connectivity index (χ4n) is 1.86. The third kappa shape index (κ3) is 3.87. The maximum absolute atomic E-state index is 4.21. The van der Waals surface area contributed by atoms with E-state index in [1.807, 2.05) is 18.5 Å². The summed E-state index contributed by atoms with van der Waals surface area (Å²) in [6.45, 7) is 6.82. The summed E-state index contributed by atoms with van der Waals surface area (Å²) in [5.74, 6) is 0.955. The fraction of sp³-hybridized carbons (Fsp3) is 0.583. The van der Waals surface area contributed by atoms with E-state index in [0.29, 0.717) is 0 Å². The molecule has 0 aliphatic carbocycles. The zero-order valence-electron chi connectivity index (χ0n) is 9.60. The van der Waals surface area contributed by atoms with Crippen LogP contribution in [-0.2, 0) is 6.42 Å². The predicted molar refractivity (Wildman–Crippen MR) is 63.7 cm³/mol. The lowest BCUT2D eigenvalue weighted by atomic mass is 10.2. The van der Waals surface area contributed by atoms with Gasteiger partial charge in [0, 0.05) is 51.5 Å². The van der Waals surface area contributed by atoms with Crippen LogP contribution in [0.2, 0.25) is 0 Å². The highest BCUT2D eigenvalue weighted by molar-refractivity contribution is 4.88. The highest BCUT2D eigenvalue weighted by Gasteiger charge is 2.08. The van der Waals surface area contributed by atoms with Crippen molar-refractivity contribution in [3.63, 3.8) is 0 Å². The molecule has 1 fully saturated rings. The first-order valence-electron chi connectivity index (χ1n) is 5.99. The van der Waals surface area contributed by atoms with Crippen LogP contribution in [0.4, 0.5) is 0 Å². The molecule has 0 aromatic carbocycles. The lowest BCUT2D eigenvalue weighted by Crippen LogP contribution is -2.41. The van der Waals surface area contributed by atoms with Crippen molar-refractivity contribution in [2.75, 3.05) is 26.2 Å². The van der Waals surface area contributed by atoms with Crippen LogP contribution in [0.25, 0.3) is 0 Å². The summed E-state index contributed by atoms with van der Waals surface area (Å²) in [7, 11) is 0. The SMILES string of the molecule is [CH](CCCc1ncccn1)N1CCNCC1. The minimum atomic E-state index is 0.955. The van der Waals surface area contributed by atoms with Crippen molar-refractivity contribution in [2.24, 2.45) is 0 Å². The fourth-order valence-corrected chi connectivity index (χ4v) is 1.86. The maximum Gasteiger partial charge on any atom is 0.128 e. The Morgan fingerprint density at radius 3 is 2.75 bits per heavy atom. The Kier molecular flexibility index (Phi) is 4.70. The van der Waals surface area contributed by atoms with Crippen molar-refractivity contribution in [2.45, 2.75) is 19.3 Å². The van der Waals surface area contributed by atoms with Crippen molar-refractivity contribution in [1.82, 2.24) is 20.2 Å². The molecule has 1 aromatic rings. The van der Waals surface area contributed by atoms with E-state index in [1.54, 1.807) is 0 Å². The van der Waals surface area contributed by atoms with Gasteiger partial charge in [-0.15, -0.1) is 0 Å². The first-order chi connectivity index (χ1) is 7.95. The first-order valence-corrected chi connectivity index (χ1v) is 5.99. The monoisotopic (exact) mass is 219 g/mol. The van der Waals surface area contributed by atoms with E-state index in [4.69, 9.17) is 0 Å². The van der Waals surface area contributed by atoms with Gasteiger partial charge >= 0.3 is 0 Å². The molecule has 1 aliphatic heterocycles. The number of unbranched alkanes of at least 4 members (excludes halogenated alkanes) is 1. The van der Waals surface area contributed by atoms with Crippen molar-refractivity contribution >= 4 is 0 Å². The van der Waals surface area contributed by atoms with Gasteiger partial charge < -0.3 is 5.32 Å². The van der Waals surface area contributed by atoms with Crippen molar-refractivity contribution in [1.29, 1.82) is 0 Å². The Balaban J connectivity index is 1.58. The molecule has 1 radical (unpaired) electrons. The molecule has 0 saturated carbocycles. The van der Waals surface area contributed by atoms with E-state index in [2.05, 4.69) is 26.7 Å². The van der Waals surface area contributed by atoms with E-state index < -0.39 is 0 Å². The number of piperazine rings is 1. The van der Waals surface area contributed by atoms with E-state index in [9.17, 15) is 0 Å². The van der Waals surface area contributed by atoms with Crippen LogP contribution in [0.3, 0.4) is 0 Å². The Hall–Kier alpha value is -1.00. The smallest absolute Gasteiger partial charge is 0.128 e. The van der Waals surface area contributed by atoms with E-state index >= 15 is 0 Å². The second-order valence-corrected chi connectivity index (χ2v) is 4.03. The van der Waals surface area contributed by atoms with Gasteiger partial charge in [0.2, 0.25) is 0 Å². The molecule has 0 amide bonds. The Bertz CT molecular complexity index is 282. The van der Waals surface area contributed by atoms with Crippen LogP contribution in [0.1, 0.15) is 18.7 Å². The molecule has 4 nitrogen and oxygen atoms in total. The topological polar surface area (TPSA) is 41.1 Å². The average molecular weight is 219 g/mol. The minimum Gasteiger partial charge on any atom is -0.314 e. The minimum absolute atomic E-state index is 0.955. The average Bonchev–Trinajstić information content (AvgIpc) is 2.37. The van der Waals surface area contributed by atoms with Crippen LogP contribution >= 0.6 is 0 Å². The molecule has 4 heteroatoms. The summed E-state index contributed by atoms with van der Waals surface area (Å²) in [5, 5.41) is 3.35. The number of nitrogens with one attached hydrogen (secondary N) is 1. The Morgan fingerprint density at radius 1 is 1.25 bits per heavy atom. The third-order valence-corrected chi connectivity index (χ3v) is 2.76. The maximum atomic E-state index is 4.21. The first kappa shape index (κ1) is 11.5. The summed E-state index contributed by atoms with van der Waals surface area (Å²) in [6.07, 6.45) is 6.85. The van der Waals surface area contributed by atoms with Gasteiger partial charge in [0.15, 0.2) is 0 Å². The number of hydrogen-bond acceptors (Lipinski definition) is 4. The van der Waals surface area contributed by atoms with Gasteiger partial charge in [-0.3, -0.25) is 4.90 Å². The van der Waals surface area contributed by atoms with Crippen molar-refractivity contribution in [3.05, 3.63) is 30.8 Å². The van der Waals surface area contributed by atoms with Gasteiger partial charge in [-0.25, -0.2) is 9.97 Å². The second-order valence-electron chi connectivity index (χ2n) is 4.03. The van der Waals surface area contributed by atoms with Crippen LogP contribution in [-0.4, -0.2) is 41.0 Å². The van der Waals surface area contributed by atoms with Gasteiger partial charge in [-0.2, -0.15) is 0 Å². The van der Waals surface area contributed by atoms with Crippen LogP contribution in [0.5, 0.6) is 0 Å². The zero-order valence-corrected chi connectivity index (χ0v) is 9.60. The number of hydrogen-bond donors (Lipinski definition) is 1. The molecule has 0 unspecified atom stereocenters. The highest BCUT2D eigenvalue weighted by atomic mass is 15.2. The molecule has 2 heterocycles. The van der Waals surface area contributed by atoms with Gasteiger partial charge in [0.1, 0.15) is 5.82 Å². The van der Waals surface area contributed by atoms with E-state index in [-0.39, 0.29) is 0 Å². The lowest BCUT2D eigenvalue weighted by molar-refractivity contribution is 0.282. The molecule has 0 spiro atoms. The molecule has 2 rings (SSSR count). The van der Waals surface area contributed by atoms with E-state index in [1.165, 1.54) is 0 Å². The van der Waals surface area contributed by atoms with Crippen molar-refractivity contribution < 1.29 is 0 Å². The number of aromatic nitrogens is 2. The molecule has 0 bridgehead atoms. The summed E-state index contributed by atoms with van der Waals surface area (Å²) in [4.78, 5) is 10.8. The third-order valence-electron chi connectivity index (χ3n) is 2.76. The molecular formula is C12H19N4. The Labute approximate surface area is 97.1 Å². The number of aryl methyl sites for hydroxylation is 1. The molecule has 1 aromatic heterocycles. The molecule has 1 N–H and O–H groups in total. The second kappa shape index (κ2) is 6.55. The summed E-state index contributed by atoms with van der Waals surface area (Å²) < 4.78 is 0. The zero-order chi connectivity index (χ0) is 11.1. The number of nitrogens with zero attached hydrogens (tertiary/aromatic N) is 3. The van der Waals surface area contributed by atoms with Gasteiger partial charge in [-0.05, 0) is 18.9 Å². The van der Waals surface area contributed by atoms with E-state index in [0.717, 1.165) is 51.3 Å². The molecule has 1 aliphatic rings.